The lowest BCUT2D eigenvalue weighted by Gasteiger charge is -2.05. The monoisotopic (exact) mass is 383 g/mol. The summed E-state index contributed by atoms with van der Waals surface area (Å²) in [6.45, 7) is 2.53. The molecule has 1 aromatic carbocycles. The molecule has 8 heteroatoms. The van der Waals surface area contributed by atoms with Crippen LogP contribution in [0.25, 0.3) is 11.3 Å². The molecule has 0 aliphatic heterocycles. The predicted molar refractivity (Wildman–Crippen MR) is 96.6 cm³/mol. The summed E-state index contributed by atoms with van der Waals surface area (Å²) in [6.07, 6.45) is 2.91. The van der Waals surface area contributed by atoms with Gasteiger partial charge >= 0.3 is 0 Å². The maximum absolute atomic E-state index is 11.8. The van der Waals surface area contributed by atoms with Crippen molar-refractivity contribution in [2.24, 2.45) is 0 Å². The molecule has 0 spiro atoms. The molecule has 1 heterocycles. The van der Waals surface area contributed by atoms with Crippen molar-refractivity contribution in [3.63, 3.8) is 0 Å². The van der Waals surface area contributed by atoms with Gasteiger partial charge in [-0.3, -0.25) is 9.59 Å². The number of rotatable bonds is 8. The van der Waals surface area contributed by atoms with E-state index in [1.807, 2.05) is 6.92 Å². The maximum Gasteiger partial charge on any atom is 0.239 e. The highest BCUT2D eigenvalue weighted by Gasteiger charge is 2.12. The van der Waals surface area contributed by atoms with E-state index < -0.39 is 0 Å². The van der Waals surface area contributed by atoms with E-state index >= 15 is 0 Å². The highest BCUT2D eigenvalue weighted by Crippen LogP contribution is 2.30. The maximum atomic E-state index is 11.8. The molecule has 1 aromatic heterocycles. The third-order valence-corrected chi connectivity index (χ3v) is 3.88. The van der Waals surface area contributed by atoms with Crippen molar-refractivity contribution < 1.29 is 14.0 Å². The van der Waals surface area contributed by atoms with E-state index in [0.29, 0.717) is 40.2 Å². The van der Waals surface area contributed by atoms with Gasteiger partial charge in [-0.1, -0.05) is 30.1 Å². The van der Waals surface area contributed by atoms with Gasteiger partial charge in [0.2, 0.25) is 11.8 Å². The average molecular weight is 384 g/mol. The van der Waals surface area contributed by atoms with Crippen molar-refractivity contribution in [2.75, 3.05) is 13.1 Å². The first-order valence-corrected chi connectivity index (χ1v) is 8.68. The zero-order valence-corrected chi connectivity index (χ0v) is 15.3. The van der Waals surface area contributed by atoms with Gasteiger partial charge in [-0.05, 0) is 24.6 Å². The minimum absolute atomic E-state index is 0.0317. The van der Waals surface area contributed by atoms with Crippen LogP contribution >= 0.6 is 23.2 Å². The molecule has 25 heavy (non-hydrogen) atoms. The minimum Gasteiger partial charge on any atom is -0.441 e. The molecule has 2 N–H and O–H groups in total. The van der Waals surface area contributed by atoms with Gasteiger partial charge in [0.25, 0.3) is 0 Å². The van der Waals surface area contributed by atoms with Crippen LogP contribution in [0.15, 0.2) is 28.8 Å². The number of hydrogen-bond donors (Lipinski definition) is 2. The van der Waals surface area contributed by atoms with Crippen LogP contribution in [0.4, 0.5) is 0 Å². The Bertz CT molecular complexity index is 746. The van der Waals surface area contributed by atoms with Crippen molar-refractivity contribution >= 4 is 35.0 Å². The Labute approximate surface area is 155 Å². The number of nitrogens with zero attached hydrogens (tertiary/aromatic N) is 1. The summed E-state index contributed by atoms with van der Waals surface area (Å²) >= 11 is 12.0. The van der Waals surface area contributed by atoms with E-state index in [1.54, 1.807) is 24.4 Å². The first-order valence-electron chi connectivity index (χ1n) is 7.93. The first kappa shape index (κ1) is 19.3. The predicted octanol–water partition coefficient (Wildman–Crippen LogP) is 3.22. The van der Waals surface area contributed by atoms with Crippen LogP contribution in [-0.2, 0) is 16.0 Å². The number of aromatic nitrogens is 1. The van der Waals surface area contributed by atoms with Crippen molar-refractivity contribution in [1.29, 1.82) is 0 Å². The molecule has 0 aliphatic carbocycles. The summed E-state index contributed by atoms with van der Waals surface area (Å²) in [6, 6.07) is 5.08. The number of nitrogens with one attached hydrogen (secondary N) is 2. The van der Waals surface area contributed by atoms with Gasteiger partial charge < -0.3 is 15.1 Å². The first-order chi connectivity index (χ1) is 12.0. The van der Waals surface area contributed by atoms with E-state index in [-0.39, 0.29) is 24.8 Å². The number of carbonyl (C=O) groups is 2. The smallest absolute Gasteiger partial charge is 0.239 e. The van der Waals surface area contributed by atoms with Crippen molar-refractivity contribution in [2.45, 2.75) is 26.2 Å². The van der Waals surface area contributed by atoms with Gasteiger partial charge in [0.05, 0.1) is 17.8 Å². The van der Waals surface area contributed by atoms with Crippen LogP contribution < -0.4 is 10.6 Å². The summed E-state index contributed by atoms with van der Waals surface area (Å²) < 4.78 is 5.62. The Kier molecular flexibility index (Phi) is 7.28. The standard InChI is InChI=1S/C17H19Cl2N3O3/c1-2-7-20-16(24)10-21-15(23)5-6-17-22-9-14(25-17)12-4-3-11(18)8-13(12)19/h3-4,8-9H,2,5-7,10H2,1H3,(H,20,24)(H,21,23). The molecule has 2 amide bonds. The lowest BCUT2D eigenvalue weighted by molar-refractivity contribution is -0.126. The molecule has 0 saturated carbocycles. The lowest BCUT2D eigenvalue weighted by Crippen LogP contribution is -2.37. The topological polar surface area (TPSA) is 84.2 Å². The summed E-state index contributed by atoms with van der Waals surface area (Å²) in [5.41, 5.74) is 0.682. The van der Waals surface area contributed by atoms with Gasteiger partial charge in [0.15, 0.2) is 11.7 Å². The summed E-state index contributed by atoms with van der Waals surface area (Å²) in [7, 11) is 0. The highest BCUT2D eigenvalue weighted by molar-refractivity contribution is 6.36. The largest absolute Gasteiger partial charge is 0.441 e. The van der Waals surface area contributed by atoms with Crippen LogP contribution in [-0.4, -0.2) is 29.9 Å². The molecule has 0 radical (unpaired) electrons. The van der Waals surface area contributed by atoms with Gasteiger partial charge in [-0.25, -0.2) is 4.98 Å². The number of benzene rings is 1. The number of carbonyl (C=O) groups excluding carboxylic acids is 2. The molecule has 6 nitrogen and oxygen atoms in total. The van der Waals surface area contributed by atoms with Gasteiger partial charge in [-0.15, -0.1) is 0 Å². The van der Waals surface area contributed by atoms with Crippen LogP contribution in [0.2, 0.25) is 10.0 Å². The van der Waals surface area contributed by atoms with Crippen LogP contribution in [0.5, 0.6) is 0 Å². The van der Waals surface area contributed by atoms with E-state index in [0.717, 1.165) is 6.42 Å². The Balaban J connectivity index is 1.83. The molecular formula is C17H19Cl2N3O3. The fourth-order valence-electron chi connectivity index (χ4n) is 2.05. The van der Waals surface area contributed by atoms with Gasteiger partial charge in [0.1, 0.15) is 0 Å². The number of oxazole rings is 1. The second-order valence-electron chi connectivity index (χ2n) is 5.37. The summed E-state index contributed by atoms with van der Waals surface area (Å²) in [5.74, 6) is 0.490. The van der Waals surface area contributed by atoms with E-state index in [1.165, 1.54) is 0 Å². The van der Waals surface area contributed by atoms with Crippen LogP contribution in [0.1, 0.15) is 25.7 Å². The van der Waals surface area contributed by atoms with Gasteiger partial charge in [-0.2, -0.15) is 0 Å². The van der Waals surface area contributed by atoms with Gasteiger partial charge in [0, 0.05) is 30.0 Å². The Morgan fingerprint density at radius 1 is 1.20 bits per heavy atom. The molecular weight excluding hydrogens is 365 g/mol. The quantitative estimate of drug-likeness (QED) is 0.732. The van der Waals surface area contributed by atoms with Crippen molar-refractivity contribution in [3.05, 3.63) is 40.3 Å². The second kappa shape index (κ2) is 9.44. The molecule has 0 atom stereocenters. The number of amides is 2. The molecule has 0 fully saturated rings. The highest BCUT2D eigenvalue weighted by atomic mass is 35.5. The third-order valence-electron chi connectivity index (χ3n) is 3.33. The van der Waals surface area contributed by atoms with Crippen LogP contribution in [0.3, 0.4) is 0 Å². The van der Waals surface area contributed by atoms with E-state index in [2.05, 4.69) is 15.6 Å². The van der Waals surface area contributed by atoms with E-state index in [4.69, 9.17) is 27.6 Å². The average Bonchev–Trinajstić information content (AvgIpc) is 3.05. The number of halogens is 2. The summed E-state index contributed by atoms with van der Waals surface area (Å²) in [5, 5.41) is 6.24. The molecule has 2 aromatic rings. The fourth-order valence-corrected chi connectivity index (χ4v) is 2.56. The zero-order chi connectivity index (χ0) is 18.2. The molecule has 134 valence electrons. The Morgan fingerprint density at radius 2 is 2.00 bits per heavy atom. The molecule has 0 aliphatic rings. The minimum atomic E-state index is -0.240. The normalized spacial score (nSPS) is 10.5. The number of aryl methyl sites for hydroxylation is 1. The molecule has 2 rings (SSSR count). The molecule has 0 bridgehead atoms. The Hall–Kier alpha value is -2.05. The third kappa shape index (κ3) is 6.07. The van der Waals surface area contributed by atoms with Crippen molar-refractivity contribution in [1.82, 2.24) is 15.6 Å². The molecule has 0 unspecified atom stereocenters. The Morgan fingerprint density at radius 3 is 2.72 bits per heavy atom. The fraction of sp³-hybridized carbons (Fsp3) is 0.353. The second-order valence-corrected chi connectivity index (χ2v) is 6.21. The lowest BCUT2D eigenvalue weighted by atomic mass is 10.2. The molecule has 0 saturated heterocycles. The van der Waals surface area contributed by atoms with Crippen molar-refractivity contribution in [3.8, 4) is 11.3 Å². The zero-order valence-electron chi connectivity index (χ0n) is 13.8. The van der Waals surface area contributed by atoms with E-state index in [9.17, 15) is 9.59 Å². The summed E-state index contributed by atoms with van der Waals surface area (Å²) in [4.78, 5) is 27.3. The van der Waals surface area contributed by atoms with Crippen LogP contribution in [0, 0.1) is 0 Å². The SMILES string of the molecule is CCCNC(=O)CNC(=O)CCc1ncc(-c2ccc(Cl)cc2Cl)o1. The number of hydrogen-bond acceptors (Lipinski definition) is 4.